The number of unbranched alkanes of at least 4 members (excludes halogenated alkanes) is 11. The van der Waals surface area contributed by atoms with Gasteiger partial charge in [-0.2, -0.15) is 0 Å². The number of hydrogen-bond acceptors (Lipinski definition) is 3. The van der Waals surface area contributed by atoms with Crippen LogP contribution in [0.15, 0.2) is 12.2 Å². The fourth-order valence-corrected chi connectivity index (χ4v) is 2.48. The molecular weight excluding hydrogens is 276 g/mol. The summed E-state index contributed by atoms with van der Waals surface area (Å²) in [6.07, 6.45) is 21.3. The molecule has 0 fully saturated rings. The first-order valence-corrected chi connectivity index (χ1v) is 9.12. The number of hydrazine groups is 1. The lowest BCUT2D eigenvalue weighted by atomic mass is 10.1. The van der Waals surface area contributed by atoms with Crippen LogP contribution in [0.2, 0.25) is 0 Å². The van der Waals surface area contributed by atoms with E-state index in [0.717, 1.165) is 12.8 Å². The first-order valence-electron chi connectivity index (χ1n) is 9.12. The molecule has 22 heavy (non-hydrogen) atoms. The molecule has 0 atom stereocenters. The zero-order valence-corrected chi connectivity index (χ0v) is 14.4. The summed E-state index contributed by atoms with van der Waals surface area (Å²) in [5.41, 5.74) is 3.45. The molecular formula is C18H35N2O2-. The quantitative estimate of drug-likeness (QED) is 0.235. The highest BCUT2D eigenvalue weighted by Crippen LogP contribution is 2.09. The Hall–Kier alpha value is -0.870. The molecule has 0 aromatic heterocycles. The van der Waals surface area contributed by atoms with E-state index in [1.807, 2.05) is 5.43 Å². The van der Waals surface area contributed by atoms with Gasteiger partial charge in [0.1, 0.15) is 0 Å². The number of carbonyl (C=O) groups is 1. The van der Waals surface area contributed by atoms with Crippen molar-refractivity contribution in [2.24, 2.45) is 0 Å². The summed E-state index contributed by atoms with van der Waals surface area (Å²) in [5, 5.41) is 9.91. The number of amides is 1. The van der Waals surface area contributed by atoms with E-state index in [0.29, 0.717) is 6.42 Å². The van der Waals surface area contributed by atoms with Gasteiger partial charge >= 0.3 is 0 Å². The predicted octanol–water partition coefficient (Wildman–Crippen LogP) is 5.14. The van der Waals surface area contributed by atoms with Gasteiger partial charge in [0.05, 0.1) is 0 Å². The zero-order chi connectivity index (χ0) is 16.3. The lowest BCUT2D eigenvalue weighted by molar-refractivity contribution is -0.121. The van der Waals surface area contributed by atoms with E-state index < -0.39 is 0 Å². The van der Waals surface area contributed by atoms with Crippen LogP contribution < -0.4 is 11.0 Å². The van der Waals surface area contributed by atoms with Crippen molar-refractivity contribution in [1.29, 1.82) is 0 Å². The molecule has 0 radical (unpaired) electrons. The largest absolute Gasteiger partial charge is 0.770 e. The van der Waals surface area contributed by atoms with E-state index in [1.165, 1.54) is 76.2 Å². The smallest absolute Gasteiger partial charge is 0.233 e. The summed E-state index contributed by atoms with van der Waals surface area (Å²) >= 11 is 0. The molecule has 4 heteroatoms. The minimum atomic E-state index is -0.215. The lowest BCUT2D eigenvalue weighted by Crippen LogP contribution is -2.32. The average Bonchev–Trinajstić information content (AvgIpc) is 2.51. The van der Waals surface area contributed by atoms with Gasteiger partial charge in [-0.1, -0.05) is 70.4 Å². The van der Waals surface area contributed by atoms with Crippen molar-refractivity contribution in [2.75, 3.05) is 0 Å². The van der Waals surface area contributed by atoms with Crippen LogP contribution in [-0.4, -0.2) is 5.91 Å². The Morgan fingerprint density at radius 3 is 1.86 bits per heavy atom. The van der Waals surface area contributed by atoms with E-state index in [2.05, 4.69) is 19.1 Å². The highest BCUT2D eigenvalue weighted by molar-refractivity contribution is 5.75. The molecule has 1 amide bonds. The van der Waals surface area contributed by atoms with Gasteiger partial charge in [0, 0.05) is 6.42 Å². The molecule has 0 aromatic carbocycles. The number of allylic oxidation sites excluding steroid dienone is 2. The third-order valence-corrected chi connectivity index (χ3v) is 3.86. The first kappa shape index (κ1) is 21.1. The van der Waals surface area contributed by atoms with Crippen LogP contribution in [0.3, 0.4) is 0 Å². The van der Waals surface area contributed by atoms with Gasteiger partial charge in [-0.25, -0.2) is 0 Å². The number of nitrogens with one attached hydrogen (secondary N) is 2. The Morgan fingerprint density at radius 2 is 1.32 bits per heavy atom. The molecule has 0 rings (SSSR count). The second-order valence-electron chi connectivity index (χ2n) is 5.98. The standard InChI is InChI=1S/C18H35N2O2/c1-2-3-4-5-6-7-8-9-10-11-12-13-14-15-16-17-18(21)19-20-22/h9-10,20H,2-8,11-17H2,1H3,(H,19,21)/q-1/b10-9-. The minimum absolute atomic E-state index is 0.215. The first-order chi connectivity index (χ1) is 10.8. The van der Waals surface area contributed by atoms with Gasteiger partial charge in [-0.3, -0.25) is 4.79 Å². The highest BCUT2D eigenvalue weighted by Gasteiger charge is 1.97. The third kappa shape index (κ3) is 17.2. The molecule has 0 saturated heterocycles. The van der Waals surface area contributed by atoms with E-state index in [-0.39, 0.29) is 5.91 Å². The van der Waals surface area contributed by atoms with Gasteiger partial charge < -0.3 is 16.2 Å². The predicted molar refractivity (Wildman–Crippen MR) is 94.1 cm³/mol. The highest BCUT2D eigenvalue weighted by atomic mass is 16.5. The number of carbonyl (C=O) groups excluding carboxylic acids is 1. The van der Waals surface area contributed by atoms with Crippen molar-refractivity contribution in [3.05, 3.63) is 17.4 Å². The maximum atomic E-state index is 11.0. The normalized spacial score (nSPS) is 11.2. The van der Waals surface area contributed by atoms with Gasteiger partial charge in [0.15, 0.2) is 0 Å². The molecule has 0 heterocycles. The Labute approximate surface area is 136 Å². The van der Waals surface area contributed by atoms with Crippen LogP contribution in [0, 0.1) is 5.21 Å². The molecule has 4 nitrogen and oxygen atoms in total. The second-order valence-corrected chi connectivity index (χ2v) is 5.98. The number of rotatable bonds is 16. The Balaban J connectivity index is 3.12. The molecule has 0 unspecified atom stereocenters. The van der Waals surface area contributed by atoms with Crippen molar-refractivity contribution in [3.8, 4) is 0 Å². The third-order valence-electron chi connectivity index (χ3n) is 3.86. The molecule has 0 aromatic rings. The average molecular weight is 311 g/mol. The van der Waals surface area contributed by atoms with Crippen molar-refractivity contribution < 1.29 is 4.79 Å². The maximum Gasteiger partial charge on any atom is 0.233 e. The molecule has 130 valence electrons. The summed E-state index contributed by atoms with van der Waals surface area (Å²) in [5.74, 6) is -0.215. The van der Waals surface area contributed by atoms with E-state index in [9.17, 15) is 10.0 Å². The molecule has 2 N–H and O–H groups in total. The fourth-order valence-electron chi connectivity index (χ4n) is 2.48. The van der Waals surface area contributed by atoms with Crippen LogP contribution in [0.1, 0.15) is 96.8 Å². The molecule has 0 aliphatic carbocycles. The Kier molecular flexibility index (Phi) is 17.5. The number of hydrogen-bond donors (Lipinski definition) is 2. The summed E-state index contributed by atoms with van der Waals surface area (Å²) in [4.78, 5) is 11.0. The van der Waals surface area contributed by atoms with E-state index in [1.54, 1.807) is 0 Å². The molecule has 0 spiro atoms. The van der Waals surface area contributed by atoms with Gasteiger partial charge in [0.25, 0.3) is 0 Å². The molecule has 0 bridgehead atoms. The lowest BCUT2D eigenvalue weighted by Gasteiger charge is -2.08. The summed E-state index contributed by atoms with van der Waals surface area (Å²) in [7, 11) is 0. The SMILES string of the molecule is CCCCCCCC/C=C\CCCCCCCC(=O)NN[O-]. The Morgan fingerprint density at radius 1 is 0.818 bits per heavy atom. The second kappa shape index (κ2) is 18.2. The van der Waals surface area contributed by atoms with Gasteiger partial charge in [-0.15, -0.1) is 0 Å². The summed E-state index contributed by atoms with van der Waals surface area (Å²) in [6.45, 7) is 2.26. The van der Waals surface area contributed by atoms with Gasteiger partial charge in [0.2, 0.25) is 5.91 Å². The van der Waals surface area contributed by atoms with Crippen LogP contribution in [0.5, 0.6) is 0 Å². The molecule has 0 aliphatic rings. The van der Waals surface area contributed by atoms with Crippen LogP contribution in [0.25, 0.3) is 0 Å². The van der Waals surface area contributed by atoms with Gasteiger partial charge in [-0.05, 0) is 32.1 Å². The minimum Gasteiger partial charge on any atom is -0.770 e. The molecule has 0 aliphatic heterocycles. The summed E-state index contributed by atoms with van der Waals surface area (Å²) in [6, 6.07) is 0. The van der Waals surface area contributed by atoms with E-state index in [4.69, 9.17) is 0 Å². The summed E-state index contributed by atoms with van der Waals surface area (Å²) < 4.78 is 0. The van der Waals surface area contributed by atoms with Crippen molar-refractivity contribution >= 4 is 5.91 Å². The van der Waals surface area contributed by atoms with Crippen LogP contribution in [-0.2, 0) is 4.79 Å². The van der Waals surface area contributed by atoms with Crippen LogP contribution >= 0.6 is 0 Å². The van der Waals surface area contributed by atoms with Crippen molar-refractivity contribution in [3.63, 3.8) is 0 Å². The molecule has 0 saturated carbocycles. The van der Waals surface area contributed by atoms with Crippen molar-refractivity contribution in [1.82, 2.24) is 11.0 Å². The Bertz CT molecular complexity index is 268. The maximum absolute atomic E-state index is 11.0. The van der Waals surface area contributed by atoms with E-state index >= 15 is 0 Å². The van der Waals surface area contributed by atoms with Crippen LogP contribution in [0.4, 0.5) is 0 Å². The van der Waals surface area contributed by atoms with Crippen molar-refractivity contribution in [2.45, 2.75) is 96.8 Å². The topological polar surface area (TPSA) is 64.2 Å². The monoisotopic (exact) mass is 311 g/mol. The fraction of sp³-hybridized carbons (Fsp3) is 0.833. The zero-order valence-electron chi connectivity index (χ0n) is 14.4.